The number of hydrogen-bond donors (Lipinski definition) is 2. The van der Waals surface area contributed by atoms with E-state index in [4.69, 9.17) is 0 Å². The van der Waals surface area contributed by atoms with E-state index in [0.29, 0.717) is 16.9 Å². The number of carbonyl (C=O) groups is 1. The molecule has 1 saturated carbocycles. The van der Waals surface area contributed by atoms with Gasteiger partial charge in [-0.05, 0) is 30.2 Å². The molecule has 0 unspecified atom stereocenters. The maximum absolute atomic E-state index is 12.1. The first-order valence-electron chi connectivity index (χ1n) is 6.49. The van der Waals surface area contributed by atoms with E-state index in [9.17, 15) is 4.79 Å². The van der Waals surface area contributed by atoms with Crippen molar-refractivity contribution in [2.45, 2.75) is 26.7 Å². The van der Waals surface area contributed by atoms with Gasteiger partial charge < -0.3 is 10.6 Å². The first-order chi connectivity index (χ1) is 8.59. The minimum Gasteiger partial charge on any atom is -0.386 e. The number of carbonyl (C=O) groups excluding carboxylic acids is 1. The molecule has 2 rings (SSSR count). The Morgan fingerprint density at radius 2 is 2.22 bits per heavy atom. The Morgan fingerprint density at radius 3 is 2.78 bits per heavy atom. The highest BCUT2D eigenvalue weighted by atomic mass is 16.1. The molecule has 0 aromatic carbocycles. The van der Waals surface area contributed by atoms with Gasteiger partial charge in [0.1, 0.15) is 0 Å². The molecular weight excluding hydrogens is 226 g/mol. The average molecular weight is 247 g/mol. The van der Waals surface area contributed by atoms with Crippen LogP contribution in [0.15, 0.2) is 18.5 Å². The lowest BCUT2D eigenvalue weighted by Gasteiger charge is -2.20. The van der Waals surface area contributed by atoms with Crippen LogP contribution in [0.3, 0.4) is 0 Å². The fourth-order valence-electron chi connectivity index (χ4n) is 2.26. The molecule has 1 aromatic heterocycles. The van der Waals surface area contributed by atoms with Gasteiger partial charge in [0.25, 0.3) is 5.91 Å². The topological polar surface area (TPSA) is 54.0 Å². The van der Waals surface area contributed by atoms with Crippen LogP contribution in [0.25, 0.3) is 0 Å². The summed E-state index contributed by atoms with van der Waals surface area (Å²) in [6, 6.07) is 1.75. The van der Waals surface area contributed by atoms with Crippen LogP contribution in [-0.4, -0.2) is 24.5 Å². The third-order valence-electron chi connectivity index (χ3n) is 4.05. The maximum atomic E-state index is 12.1. The number of nitrogens with one attached hydrogen (secondary N) is 2. The van der Waals surface area contributed by atoms with Gasteiger partial charge in [-0.25, -0.2) is 0 Å². The van der Waals surface area contributed by atoms with Crippen LogP contribution in [0, 0.1) is 11.3 Å². The van der Waals surface area contributed by atoms with Crippen molar-refractivity contribution in [2.75, 3.05) is 18.9 Å². The Balaban J connectivity index is 2.00. The van der Waals surface area contributed by atoms with Crippen molar-refractivity contribution in [1.29, 1.82) is 0 Å². The molecule has 0 atom stereocenters. The molecule has 0 bridgehead atoms. The summed E-state index contributed by atoms with van der Waals surface area (Å²) in [6.07, 6.45) is 5.76. The van der Waals surface area contributed by atoms with Crippen molar-refractivity contribution in [3.05, 3.63) is 24.0 Å². The molecule has 0 spiro atoms. The van der Waals surface area contributed by atoms with Crippen LogP contribution < -0.4 is 10.6 Å². The Kier molecular flexibility index (Phi) is 3.55. The lowest BCUT2D eigenvalue weighted by Crippen LogP contribution is -2.32. The van der Waals surface area contributed by atoms with Crippen molar-refractivity contribution in [2.24, 2.45) is 11.3 Å². The van der Waals surface area contributed by atoms with Crippen LogP contribution >= 0.6 is 0 Å². The SMILES string of the molecule is CNc1cnccc1C(=O)NCC1(C(C)C)CC1. The molecule has 1 aliphatic carbocycles. The van der Waals surface area contributed by atoms with Gasteiger partial charge in [-0.15, -0.1) is 0 Å². The van der Waals surface area contributed by atoms with Crippen LogP contribution in [0.2, 0.25) is 0 Å². The van der Waals surface area contributed by atoms with Crippen molar-refractivity contribution >= 4 is 11.6 Å². The number of aromatic nitrogens is 1. The van der Waals surface area contributed by atoms with Crippen LogP contribution in [-0.2, 0) is 0 Å². The molecule has 4 heteroatoms. The molecule has 2 N–H and O–H groups in total. The highest BCUT2D eigenvalue weighted by Crippen LogP contribution is 2.51. The van der Waals surface area contributed by atoms with E-state index in [1.54, 1.807) is 25.5 Å². The molecular formula is C14H21N3O. The van der Waals surface area contributed by atoms with Crippen molar-refractivity contribution < 1.29 is 4.79 Å². The zero-order chi connectivity index (χ0) is 13.2. The van der Waals surface area contributed by atoms with E-state index in [1.165, 1.54) is 12.8 Å². The summed E-state index contributed by atoms with van der Waals surface area (Å²) in [6.45, 7) is 5.23. The molecule has 1 aromatic rings. The van der Waals surface area contributed by atoms with E-state index >= 15 is 0 Å². The summed E-state index contributed by atoms with van der Waals surface area (Å²) < 4.78 is 0. The van der Waals surface area contributed by atoms with E-state index in [-0.39, 0.29) is 5.91 Å². The second-order valence-corrected chi connectivity index (χ2v) is 5.37. The highest BCUT2D eigenvalue weighted by Gasteiger charge is 2.45. The lowest BCUT2D eigenvalue weighted by molar-refractivity contribution is 0.0940. The predicted octanol–water partition coefficient (Wildman–Crippen LogP) is 2.29. The predicted molar refractivity (Wildman–Crippen MR) is 72.6 cm³/mol. The van der Waals surface area contributed by atoms with Crippen LogP contribution in [0.1, 0.15) is 37.0 Å². The summed E-state index contributed by atoms with van der Waals surface area (Å²) in [5, 5.41) is 6.04. The van der Waals surface area contributed by atoms with Gasteiger partial charge in [0.15, 0.2) is 0 Å². The maximum Gasteiger partial charge on any atom is 0.253 e. The van der Waals surface area contributed by atoms with Crippen molar-refractivity contribution in [3.8, 4) is 0 Å². The first kappa shape index (κ1) is 12.9. The third kappa shape index (κ3) is 2.47. The molecule has 0 aliphatic heterocycles. The number of anilines is 1. The summed E-state index contributed by atoms with van der Waals surface area (Å²) in [7, 11) is 1.80. The van der Waals surface area contributed by atoms with E-state index < -0.39 is 0 Å². The Bertz CT molecular complexity index is 438. The second-order valence-electron chi connectivity index (χ2n) is 5.37. The monoisotopic (exact) mass is 247 g/mol. The molecule has 1 heterocycles. The average Bonchev–Trinajstić information content (AvgIpc) is 3.17. The van der Waals surface area contributed by atoms with Crippen molar-refractivity contribution in [1.82, 2.24) is 10.3 Å². The zero-order valence-corrected chi connectivity index (χ0v) is 11.3. The van der Waals surface area contributed by atoms with Gasteiger partial charge in [-0.3, -0.25) is 9.78 Å². The molecule has 1 aliphatic rings. The highest BCUT2D eigenvalue weighted by molar-refractivity contribution is 5.99. The number of amides is 1. The second kappa shape index (κ2) is 4.96. The summed E-state index contributed by atoms with van der Waals surface area (Å²) in [5.74, 6) is 0.604. The summed E-state index contributed by atoms with van der Waals surface area (Å²) >= 11 is 0. The molecule has 1 amide bonds. The number of nitrogens with zero attached hydrogens (tertiary/aromatic N) is 1. The van der Waals surface area contributed by atoms with Gasteiger partial charge >= 0.3 is 0 Å². The lowest BCUT2D eigenvalue weighted by atomic mass is 9.92. The largest absolute Gasteiger partial charge is 0.386 e. The number of hydrogen-bond acceptors (Lipinski definition) is 3. The van der Waals surface area contributed by atoms with Gasteiger partial charge in [-0.1, -0.05) is 13.8 Å². The van der Waals surface area contributed by atoms with Gasteiger partial charge in [-0.2, -0.15) is 0 Å². The minimum atomic E-state index is -0.0197. The molecule has 4 nitrogen and oxygen atoms in total. The smallest absolute Gasteiger partial charge is 0.253 e. The Hall–Kier alpha value is -1.58. The minimum absolute atomic E-state index is 0.0197. The molecule has 98 valence electrons. The van der Waals surface area contributed by atoms with Crippen LogP contribution in [0.4, 0.5) is 5.69 Å². The van der Waals surface area contributed by atoms with Crippen LogP contribution in [0.5, 0.6) is 0 Å². The van der Waals surface area contributed by atoms with Gasteiger partial charge in [0.05, 0.1) is 17.4 Å². The Morgan fingerprint density at radius 1 is 1.50 bits per heavy atom. The van der Waals surface area contributed by atoms with Crippen molar-refractivity contribution in [3.63, 3.8) is 0 Å². The first-order valence-corrected chi connectivity index (χ1v) is 6.49. The fourth-order valence-corrected chi connectivity index (χ4v) is 2.26. The Labute approximate surface area is 108 Å². The summed E-state index contributed by atoms with van der Waals surface area (Å²) in [5.41, 5.74) is 1.76. The summed E-state index contributed by atoms with van der Waals surface area (Å²) in [4.78, 5) is 16.1. The quantitative estimate of drug-likeness (QED) is 0.839. The molecule has 0 radical (unpaired) electrons. The van der Waals surface area contributed by atoms with Gasteiger partial charge in [0.2, 0.25) is 0 Å². The number of rotatable bonds is 5. The molecule has 18 heavy (non-hydrogen) atoms. The third-order valence-corrected chi connectivity index (χ3v) is 4.05. The molecule has 1 fully saturated rings. The zero-order valence-electron chi connectivity index (χ0n) is 11.3. The normalized spacial score (nSPS) is 16.4. The van der Waals surface area contributed by atoms with E-state index in [1.807, 2.05) is 0 Å². The standard InChI is InChI=1S/C14H21N3O/c1-10(2)14(5-6-14)9-17-13(18)11-4-7-16-8-12(11)15-3/h4,7-8,10,15H,5-6,9H2,1-3H3,(H,17,18). The molecule has 0 saturated heterocycles. The number of pyridine rings is 1. The van der Waals surface area contributed by atoms with Gasteiger partial charge in [0, 0.05) is 19.8 Å². The van der Waals surface area contributed by atoms with E-state index in [0.717, 1.165) is 12.2 Å². The fraction of sp³-hybridized carbons (Fsp3) is 0.571. The van der Waals surface area contributed by atoms with E-state index in [2.05, 4.69) is 29.5 Å².